The third-order valence-electron chi connectivity index (χ3n) is 3.60. The molecule has 1 aromatic rings. The van der Waals surface area contributed by atoms with Crippen molar-refractivity contribution in [1.82, 2.24) is 10.2 Å². The lowest BCUT2D eigenvalue weighted by atomic mass is 10.2. The first-order chi connectivity index (χ1) is 9.70. The summed E-state index contributed by atoms with van der Waals surface area (Å²) in [5, 5.41) is 3.39. The highest BCUT2D eigenvalue weighted by atomic mass is 127. The van der Waals surface area contributed by atoms with Crippen molar-refractivity contribution in [2.24, 2.45) is 4.99 Å². The lowest BCUT2D eigenvalue weighted by Crippen LogP contribution is -2.39. The number of hydrogen-bond acceptors (Lipinski definition) is 2. The van der Waals surface area contributed by atoms with Crippen LogP contribution in [-0.4, -0.2) is 44.6 Å². The first-order valence-corrected chi connectivity index (χ1v) is 7.50. The molecule has 1 saturated heterocycles. The fourth-order valence-corrected chi connectivity index (χ4v) is 2.42. The van der Waals surface area contributed by atoms with E-state index in [-0.39, 0.29) is 24.0 Å². The summed E-state index contributed by atoms with van der Waals surface area (Å²) in [5.41, 5.74) is 2.48. The smallest absolute Gasteiger partial charge is 0.194 e. The molecule has 0 aliphatic carbocycles. The van der Waals surface area contributed by atoms with Gasteiger partial charge in [-0.25, -0.2) is 4.99 Å². The highest BCUT2D eigenvalue weighted by Gasteiger charge is 2.15. The van der Waals surface area contributed by atoms with Crippen molar-refractivity contribution in [2.75, 3.05) is 38.6 Å². The monoisotopic (exact) mass is 402 g/mol. The maximum atomic E-state index is 4.76. The van der Waals surface area contributed by atoms with Crippen LogP contribution in [0.4, 0.5) is 5.69 Å². The van der Waals surface area contributed by atoms with Crippen LogP contribution in [0.5, 0.6) is 0 Å². The van der Waals surface area contributed by atoms with Crippen molar-refractivity contribution in [3.63, 3.8) is 0 Å². The van der Waals surface area contributed by atoms with Crippen molar-refractivity contribution < 1.29 is 0 Å². The van der Waals surface area contributed by atoms with Crippen LogP contribution in [0.1, 0.15) is 25.3 Å². The lowest BCUT2D eigenvalue weighted by Gasteiger charge is -2.20. The van der Waals surface area contributed by atoms with Gasteiger partial charge in [-0.3, -0.25) is 0 Å². The van der Waals surface area contributed by atoms with Gasteiger partial charge in [0.25, 0.3) is 0 Å². The van der Waals surface area contributed by atoms with Crippen molar-refractivity contribution in [2.45, 2.75) is 26.3 Å². The maximum Gasteiger partial charge on any atom is 0.194 e. The molecule has 0 amide bonds. The van der Waals surface area contributed by atoms with E-state index in [9.17, 15) is 0 Å². The largest absolute Gasteiger partial charge is 0.378 e. The Bertz CT molecular complexity index is 436. The molecule has 4 nitrogen and oxygen atoms in total. The molecule has 0 radical (unpaired) electrons. The van der Waals surface area contributed by atoms with E-state index in [1.54, 1.807) is 0 Å². The zero-order valence-corrected chi connectivity index (χ0v) is 15.6. The summed E-state index contributed by atoms with van der Waals surface area (Å²) in [6.07, 6.45) is 2.56. The first kappa shape index (κ1) is 18.1. The summed E-state index contributed by atoms with van der Waals surface area (Å²) in [7, 11) is 4.12. The fraction of sp³-hybridized carbons (Fsp3) is 0.562. The van der Waals surface area contributed by atoms with Crippen LogP contribution >= 0.6 is 24.0 Å². The Morgan fingerprint density at radius 1 is 1.19 bits per heavy atom. The standard InChI is InChI=1S/C16H26N4.HI/c1-4-17-16(20-11-5-6-12-20)18-13-14-7-9-15(10-8-14)19(2)3;/h7-10H,4-6,11-13H2,1-3H3,(H,17,18);1H. The van der Waals surface area contributed by atoms with Crippen LogP contribution in [0.15, 0.2) is 29.3 Å². The molecule has 0 aromatic heterocycles. The van der Waals surface area contributed by atoms with Gasteiger partial charge < -0.3 is 15.1 Å². The summed E-state index contributed by atoms with van der Waals surface area (Å²) in [4.78, 5) is 9.23. The lowest BCUT2D eigenvalue weighted by molar-refractivity contribution is 0.493. The normalized spacial score (nSPS) is 14.8. The van der Waals surface area contributed by atoms with Gasteiger partial charge in [-0.05, 0) is 37.5 Å². The van der Waals surface area contributed by atoms with Gasteiger partial charge in [0.05, 0.1) is 6.54 Å². The molecular weight excluding hydrogens is 375 g/mol. The predicted octanol–water partition coefficient (Wildman–Crippen LogP) is 2.93. The number of guanidine groups is 1. The highest BCUT2D eigenvalue weighted by Crippen LogP contribution is 2.13. The molecule has 0 saturated carbocycles. The van der Waals surface area contributed by atoms with E-state index in [2.05, 4.69) is 60.4 Å². The zero-order valence-electron chi connectivity index (χ0n) is 13.3. The summed E-state index contributed by atoms with van der Waals surface area (Å²) < 4.78 is 0. The van der Waals surface area contributed by atoms with Gasteiger partial charge in [0, 0.05) is 39.4 Å². The fourth-order valence-electron chi connectivity index (χ4n) is 2.42. The quantitative estimate of drug-likeness (QED) is 0.478. The van der Waals surface area contributed by atoms with Crippen LogP contribution in [0, 0.1) is 0 Å². The van der Waals surface area contributed by atoms with Crippen LogP contribution in [0.3, 0.4) is 0 Å². The van der Waals surface area contributed by atoms with E-state index in [1.807, 2.05) is 0 Å². The molecule has 1 aliphatic heterocycles. The number of halogens is 1. The van der Waals surface area contributed by atoms with Crippen molar-refractivity contribution >= 4 is 35.6 Å². The van der Waals surface area contributed by atoms with Gasteiger partial charge in [-0.2, -0.15) is 0 Å². The van der Waals surface area contributed by atoms with Gasteiger partial charge in [0.1, 0.15) is 0 Å². The summed E-state index contributed by atoms with van der Waals surface area (Å²) in [5.74, 6) is 1.06. The molecule has 0 unspecified atom stereocenters. The van der Waals surface area contributed by atoms with Gasteiger partial charge in [-0.15, -0.1) is 24.0 Å². The van der Waals surface area contributed by atoms with E-state index in [0.717, 1.165) is 32.1 Å². The van der Waals surface area contributed by atoms with Crippen LogP contribution in [0.25, 0.3) is 0 Å². The second-order valence-electron chi connectivity index (χ2n) is 5.43. The Kier molecular flexibility index (Phi) is 7.85. The van der Waals surface area contributed by atoms with Gasteiger partial charge in [0.2, 0.25) is 0 Å². The molecule has 1 aliphatic rings. The summed E-state index contributed by atoms with van der Waals surface area (Å²) in [6, 6.07) is 8.61. The molecule has 5 heteroatoms. The minimum absolute atomic E-state index is 0. The molecule has 0 spiro atoms. The minimum Gasteiger partial charge on any atom is -0.378 e. The number of aliphatic imine (C=N–C) groups is 1. The number of hydrogen-bond donors (Lipinski definition) is 1. The van der Waals surface area contributed by atoms with Crippen LogP contribution in [0.2, 0.25) is 0 Å². The van der Waals surface area contributed by atoms with Gasteiger partial charge in [-0.1, -0.05) is 12.1 Å². The second kappa shape index (κ2) is 9.12. The average Bonchev–Trinajstić information content (AvgIpc) is 2.98. The Balaban J connectivity index is 0.00000220. The number of anilines is 1. The third kappa shape index (κ3) is 5.37. The SMILES string of the molecule is CCNC(=NCc1ccc(N(C)C)cc1)N1CCCC1.I. The van der Waals surface area contributed by atoms with E-state index < -0.39 is 0 Å². The molecule has 118 valence electrons. The van der Waals surface area contributed by atoms with Gasteiger partial charge in [0.15, 0.2) is 5.96 Å². The number of likely N-dealkylation sites (tertiary alicyclic amines) is 1. The number of rotatable bonds is 4. The molecule has 21 heavy (non-hydrogen) atoms. The Hall–Kier alpha value is -0.980. The van der Waals surface area contributed by atoms with Crippen LogP contribution < -0.4 is 10.2 Å². The maximum absolute atomic E-state index is 4.76. The van der Waals surface area contributed by atoms with E-state index >= 15 is 0 Å². The topological polar surface area (TPSA) is 30.9 Å². The molecule has 2 rings (SSSR count). The van der Waals surface area contributed by atoms with E-state index in [1.165, 1.54) is 24.1 Å². The number of nitrogens with zero attached hydrogens (tertiary/aromatic N) is 3. The molecule has 1 fully saturated rings. The molecule has 1 N–H and O–H groups in total. The molecule has 1 aromatic carbocycles. The number of benzene rings is 1. The molecule has 1 heterocycles. The first-order valence-electron chi connectivity index (χ1n) is 7.50. The van der Waals surface area contributed by atoms with Crippen molar-refractivity contribution in [3.05, 3.63) is 29.8 Å². The second-order valence-corrected chi connectivity index (χ2v) is 5.43. The number of nitrogens with one attached hydrogen (secondary N) is 1. The van der Waals surface area contributed by atoms with E-state index in [4.69, 9.17) is 4.99 Å². The van der Waals surface area contributed by atoms with Crippen molar-refractivity contribution in [3.8, 4) is 0 Å². The molecule has 0 atom stereocenters. The van der Waals surface area contributed by atoms with Gasteiger partial charge >= 0.3 is 0 Å². The summed E-state index contributed by atoms with van der Waals surface area (Å²) in [6.45, 7) is 6.05. The summed E-state index contributed by atoms with van der Waals surface area (Å²) >= 11 is 0. The van der Waals surface area contributed by atoms with Crippen molar-refractivity contribution in [1.29, 1.82) is 0 Å². The highest BCUT2D eigenvalue weighted by molar-refractivity contribution is 14.0. The third-order valence-corrected chi connectivity index (χ3v) is 3.60. The Morgan fingerprint density at radius 2 is 1.81 bits per heavy atom. The minimum atomic E-state index is 0. The average molecular weight is 402 g/mol. The van der Waals surface area contributed by atoms with Crippen LogP contribution in [-0.2, 0) is 6.54 Å². The van der Waals surface area contributed by atoms with E-state index in [0.29, 0.717) is 0 Å². The Morgan fingerprint density at radius 3 is 2.33 bits per heavy atom. The molecular formula is C16H27IN4. The Labute approximate surface area is 145 Å². The predicted molar refractivity (Wildman–Crippen MR) is 102 cm³/mol. The molecule has 0 bridgehead atoms. The zero-order chi connectivity index (χ0) is 14.4.